The van der Waals surface area contributed by atoms with Gasteiger partial charge in [0, 0.05) is 24.8 Å². The molecule has 3 aromatic heterocycles. The number of carbonyl (C=O) groups is 2. The van der Waals surface area contributed by atoms with E-state index in [0.717, 1.165) is 10.9 Å². The van der Waals surface area contributed by atoms with E-state index in [2.05, 4.69) is 15.4 Å². The molecule has 0 radical (unpaired) electrons. The molecule has 2 aromatic carbocycles. The lowest BCUT2D eigenvalue weighted by Gasteiger charge is -2.09. The fourth-order valence-corrected chi connectivity index (χ4v) is 4.02. The smallest absolute Gasteiger partial charge is 0.336 e. The average molecular weight is 486 g/mol. The molecule has 0 aliphatic rings. The van der Waals surface area contributed by atoms with Crippen LogP contribution in [0.4, 0.5) is 5.69 Å². The highest BCUT2D eigenvalue weighted by Gasteiger charge is 2.16. The Balaban J connectivity index is 1.39. The number of amides is 1. The summed E-state index contributed by atoms with van der Waals surface area (Å²) in [6.07, 6.45) is 4.90. The molecule has 10 nitrogen and oxygen atoms in total. The van der Waals surface area contributed by atoms with Crippen molar-refractivity contribution in [2.75, 3.05) is 25.6 Å². The summed E-state index contributed by atoms with van der Waals surface area (Å²) in [6, 6.07) is 15.8. The number of hydrogen-bond donors (Lipinski definition) is 2. The number of imidazole rings is 1. The highest BCUT2D eigenvalue weighted by Crippen LogP contribution is 2.25. The molecule has 0 aliphatic heterocycles. The molecule has 0 unspecified atom stereocenters. The maximum Gasteiger partial charge on any atom is 0.336 e. The van der Waals surface area contributed by atoms with Crippen molar-refractivity contribution < 1.29 is 24.2 Å². The molecule has 1 amide bonds. The monoisotopic (exact) mass is 485 g/mol. The molecule has 5 rings (SSSR count). The van der Waals surface area contributed by atoms with Gasteiger partial charge in [-0.2, -0.15) is 5.10 Å². The van der Waals surface area contributed by atoms with Crippen LogP contribution in [0.3, 0.4) is 0 Å². The van der Waals surface area contributed by atoms with Gasteiger partial charge in [-0.1, -0.05) is 24.3 Å². The summed E-state index contributed by atoms with van der Waals surface area (Å²) in [4.78, 5) is 29.0. The Bertz CT molecular complexity index is 1570. The number of nitrogens with zero attached hydrogens (tertiary/aromatic N) is 4. The minimum absolute atomic E-state index is 0.227. The SMILES string of the molecule is COCCOc1ccn2c(C(=O)Nc3cccc4c3cnn4Cc3ccccc3C(=O)O)cnc2c1. The highest BCUT2D eigenvalue weighted by molar-refractivity contribution is 6.08. The van der Waals surface area contributed by atoms with Crippen molar-refractivity contribution in [2.24, 2.45) is 0 Å². The molecule has 0 spiro atoms. The molecular weight excluding hydrogens is 462 g/mol. The first kappa shape index (κ1) is 23.1. The molecule has 0 saturated carbocycles. The molecule has 0 bridgehead atoms. The van der Waals surface area contributed by atoms with Crippen LogP contribution in [0.25, 0.3) is 16.6 Å². The second kappa shape index (κ2) is 9.88. The summed E-state index contributed by atoms with van der Waals surface area (Å²) in [5, 5.41) is 17.6. The molecule has 0 aliphatic carbocycles. The largest absolute Gasteiger partial charge is 0.491 e. The number of anilines is 1. The first-order valence-electron chi connectivity index (χ1n) is 11.2. The highest BCUT2D eigenvalue weighted by atomic mass is 16.5. The van der Waals surface area contributed by atoms with E-state index >= 15 is 0 Å². The number of aromatic nitrogens is 4. The van der Waals surface area contributed by atoms with Crippen molar-refractivity contribution >= 4 is 34.1 Å². The number of carboxylic acids is 1. The fraction of sp³-hybridized carbons (Fsp3) is 0.154. The van der Waals surface area contributed by atoms with E-state index in [1.165, 1.54) is 6.20 Å². The molecule has 2 N–H and O–H groups in total. The number of hydrogen-bond acceptors (Lipinski definition) is 6. The fourth-order valence-electron chi connectivity index (χ4n) is 4.02. The van der Waals surface area contributed by atoms with E-state index in [1.807, 2.05) is 12.1 Å². The van der Waals surface area contributed by atoms with Crippen LogP contribution in [0.1, 0.15) is 26.4 Å². The summed E-state index contributed by atoms with van der Waals surface area (Å²) in [6.45, 7) is 1.17. The van der Waals surface area contributed by atoms with Crippen LogP contribution < -0.4 is 10.1 Å². The quantitative estimate of drug-likeness (QED) is 0.305. The normalized spacial score (nSPS) is 11.1. The second-order valence-electron chi connectivity index (χ2n) is 8.03. The lowest BCUT2D eigenvalue weighted by Crippen LogP contribution is -2.14. The number of carbonyl (C=O) groups excluding carboxylic acids is 1. The molecular formula is C26H23N5O5. The van der Waals surface area contributed by atoms with Gasteiger partial charge < -0.3 is 19.9 Å². The maximum absolute atomic E-state index is 13.1. The van der Waals surface area contributed by atoms with Crippen LogP contribution >= 0.6 is 0 Å². The first-order valence-corrected chi connectivity index (χ1v) is 11.2. The molecule has 36 heavy (non-hydrogen) atoms. The summed E-state index contributed by atoms with van der Waals surface area (Å²) >= 11 is 0. The van der Waals surface area contributed by atoms with E-state index in [0.29, 0.717) is 41.6 Å². The number of nitrogens with one attached hydrogen (secondary N) is 1. The van der Waals surface area contributed by atoms with E-state index in [-0.39, 0.29) is 18.0 Å². The van der Waals surface area contributed by atoms with Crippen LogP contribution in [0.2, 0.25) is 0 Å². The Morgan fingerprint density at radius 2 is 1.92 bits per heavy atom. The van der Waals surface area contributed by atoms with Gasteiger partial charge in [0.25, 0.3) is 5.91 Å². The van der Waals surface area contributed by atoms with Crippen molar-refractivity contribution in [3.8, 4) is 5.75 Å². The Morgan fingerprint density at radius 1 is 1.06 bits per heavy atom. The van der Waals surface area contributed by atoms with E-state index < -0.39 is 5.97 Å². The number of ether oxygens (including phenoxy) is 2. The summed E-state index contributed by atoms with van der Waals surface area (Å²) in [5.41, 5.74) is 3.17. The molecule has 0 atom stereocenters. The summed E-state index contributed by atoms with van der Waals surface area (Å²) in [5.74, 6) is -0.678. The number of aromatic carboxylic acids is 1. The Hall–Kier alpha value is -4.70. The van der Waals surface area contributed by atoms with Crippen LogP contribution in [0.15, 0.2) is 73.2 Å². The van der Waals surface area contributed by atoms with Crippen molar-refractivity contribution in [3.05, 3.63) is 90.0 Å². The minimum Gasteiger partial charge on any atom is -0.491 e. The van der Waals surface area contributed by atoms with E-state index in [1.54, 1.807) is 71.1 Å². The van der Waals surface area contributed by atoms with E-state index in [9.17, 15) is 14.7 Å². The second-order valence-corrected chi connectivity index (χ2v) is 8.03. The van der Waals surface area contributed by atoms with Crippen molar-refractivity contribution in [1.29, 1.82) is 0 Å². The zero-order chi connectivity index (χ0) is 25.1. The number of benzene rings is 2. The molecule has 10 heteroatoms. The molecule has 0 fully saturated rings. The summed E-state index contributed by atoms with van der Waals surface area (Å²) in [7, 11) is 1.61. The third kappa shape index (κ3) is 4.49. The van der Waals surface area contributed by atoms with Crippen LogP contribution in [-0.4, -0.2) is 56.5 Å². The Morgan fingerprint density at radius 3 is 2.75 bits per heavy atom. The van der Waals surface area contributed by atoms with Crippen LogP contribution in [-0.2, 0) is 11.3 Å². The van der Waals surface area contributed by atoms with Gasteiger partial charge in [-0.25, -0.2) is 9.78 Å². The van der Waals surface area contributed by atoms with E-state index in [4.69, 9.17) is 9.47 Å². The third-order valence-corrected chi connectivity index (χ3v) is 5.78. The van der Waals surface area contributed by atoms with Gasteiger partial charge in [-0.15, -0.1) is 0 Å². The Kier molecular flexibility index (Phi) is 6.33. The molecule has 3 heterocycles. The van der Waals surface area contributed by atoms with Crippen molar-refractivity contribution in [1.82, 2.24) is 19.2 Å². The molecule has 5 aromatic rings. The number of fused-ring (bicyclic) bond motifs is 2. The summed E-state index contributed by atoms with van der Waals surface area (Å²) < 4.78 is 14.0. The number of carboxylic acid groups (broad SMARTS) is 1. The molecule has 0 saturated heterocycles. The number of pyridine rings is 1. The van der Waals surface area contributed by atoms with Crippen molar-refractivity contribution in [3.63, 3.8) is 0 Å². The van der Waals surface area contributed by atoms with Crippen LogP contribution in [0.5, 0.6) is 5.75 Å². The topological polar surface area (TPSA) is 120 Å². The number of rotatable bonds is 9. The third-order valence-electron chi connectivity index (χ3n) is 5.78. The lowest BCUT2D eigenvalue weighted by molar-refractivity contribution is 0.0695. The van der Waals surface area contributed by atoms with Gasteiger partial charge in [-0.05, 0) is 29.8 Å². The zero-order valence-electron chi connectivity index (χ0n) is 19.4. The van der Waals surface area contributed by atoms with Gasteiger partial charge in [0.1, 0.15) is 23.7 Å². The van der Waals surface area contributed by atoms with Gasteiger partial charge in [0.2, 0.25) is 0 Å². The average Bonchev–Trinajstić information content (AvgIpc) is 3.49. The predicted molar refractivity (Wildman–Crippen MR) is 133 cm³/mol. The lowest BCUT2D eigenvalue weighted by atomic mass is 10.1. The Labute approximate surface area is 205 Å². The van der Waals surface area contributed by atoms with Crippen LogP contribution in [0, 0.1) is 0 Å². The standard InChI is InChI=1S/C26H23N5O5/c1-35-11-12-36-18-9-10-30-23(15-27-24(30)13-18)25(32)29-21-7-4-8-22-20(21)14-28-31(22)16-17-5-2-3-6-19(17)26(33)34/h2-10,13-15H,11-12,16H2,1H3,(H,29,32)(H,33,34). The van der Waals surface area contributed by atoms with Gasteiger partial charge in [0.15, 0.2) is 0 Å². The predicted octanol–water partition coefficient (Wildman–Crippen LogP) is 3.71. The van der Waals surface area contributed by atoms with Crippen molar-refractivity contribution in [2.45, 2.75) is 6.54 Å². The first-order chi connectivity index (χ1) is 17.5. The molecule has 182 valence electrons. The maximum atomic E-state index is 13.1. The van der Waals surface area contributed by atoms with Gasteiger partial charge >= 0.3 is 5.97 Å². The zero-order valence-corrected chi connectivity index (χ0v) is 19.4. The van der Waals surface area contributed by atoms with Gasteiger partial charge in [0.05, 0.1) is 42.3 Å². The van der Waals surface area contributed by atoms with Gasteiger partial charge in [-0.3, -0.25) is 13.9 Å². The number of methoxy groups -OCH3 is 1. The minimum atomic E-state index is -0.989.